The van der Waals surface area contributed by atoms with E-state index in [1.807, 2.05) is 0 Å². The Balaban J connectivity index is 3.94. The molecule has 0 saturated heterocycles. The number of methoxy groups -OCH3 is 1. The van der Waals surface area contributed by atoms with Gasteiger partial charge in [0, 0.05) is 7.11 Å². The van der Waals surface area contributed by atoms with Gasteiger partial charge >= 0.3 is 6.18 Å². The van der Waals surface area contributed by atoms with E-state index >= 15 is 0 Å². The lowest BCUT2D eigenvalue weighted by Gasteiger charge is -2.17. The molecule has 0 aliphatic heterocycles. The lowest BCUT2D eigenvalue weighted by molar-refractivity contribution is -0.220. The quantitative estimate of drug-likeness (QED) is 0.562. The minimum absolute atomic E-state index is 0.730. The van der Waals surface area contributed by atoms with Crippen LogP contribution in [0.3, 0.4) is 0 Å². The summed E-state index contributed by atoms with van der Waals surface area (Å²) in [5.74, 6) is -2.06. The van der Waals surface area contributed by atoms with Crippen LogP contribution in [0, 0.1) is 5.92 Å². The molecule has 0 aliphatic carbocycles. The average molecular weight is 160 g/mol. The fourth-order valence-corrected chi connectivity index (χ4v) is 0.353. The Bertz CT molecular complexity index is 100. The summed E-state index contributed by atoms with van der Waals surface area (Å²) in [6.45, 7) is 0.730. The summed E-state index contributed by atoms with van der Waals surface area (Å²) in [5, 5.41) is 0. The highest BCUT2D eigenvalue weighted by atomic mass is 19.4. The van der Waals surface area contributed by atoms with Crippen molar-refractivity contribution in [1.82, 2.24) is 0 Å². The van der Waals surface area contributed by atoms with Crippen molar-refractivity contribution in [3.8, 4) is 0 Å². The van der Waals surface area contributed by atoms with Gasteiger partial charge in [0.2, 0.25) is 6.36 Å². The predicted molar refractivity (Wildman–Crippen MR) is 27.1 cm³/mol. The van der Waals surface area contributed by atoms with Crippen molar-refractivity contribution in [3.05, 3.63) is 0 Å². The zero-order valence-electron chi connectivity index (χ0n) is 5.57. The first kappa shape index (κ1) is 9.68. The van der Waals surface area contributed by atoms with E-state index in [-0.39, 0.29) is 0 Å². The van der Waals surface area contributed by atoms with Crippen LogP contribution in [0.2, 0.25) is 0 Å². The normalized spacial score (nSPS) is 18.6. The van der Waals surface area contributed by atoms with E-state index in [9.17, 15) is 17.6 Å². The highest BCUT2D eigenvalue weighted by Crippen LogP contribution is 2.29. The third kappa shape index (κ3) is 2.51. The maximum Gasteiger partial charge on any atom is 0.396 e. The van der Waals surface area contributed by atoms with Crippen LogP contribution in [0.5, 0.6) is 0 Å². The fraction of sp³-hybridized carbons (Fsp3) is 1.00. The molecule has 0 spiro atoms. The Hall–Kier alpha value is -0.320. The van der Waals surface area contributed by atoms with Gasteiger partial charge in [-0.3, -0.25) is 0 Å². The molecule has 0 aromatic rings. The van der Waals surface area contributed by atoms with Crippen LogP contribution in [-0.4, -0.2) is 19.6 Å². The van der Waals surface area contributed by atoms with Crippen LogP contribution in [0.1, 0.15) is 6.92 Å². The molecule has 2 atom stereocenters. The van der Waals surface area contributed by atoms with E-state index in [1.54, 1.807) is 0 Å². The molecular weight excluding hydrogens is 152 g/mol. The number of rotatable bonds is 2. The van der Waals surface area contributed by atoms with Gasteiger partial charge < -0.3 is 4.74 Å². The van der Waals surface area contributed by atoms with E-state index in [4.69, 9.17) is 0 Å². The van der Waals surface area contributed by atoms with Crippen LogP contribution in [0.25, 0.3) is 0 Å². The Morgan fingerprint density at radius 1 is 1.30 bits per heavy atom. The van der Waals surface area contributed by atoms with Crippen molar-refractivity contribution in [2.24, 2.45) is 5.92 Å². The van der Waals surface area contributed by atoms with Crippen molar-refractivity contribution in [2.75, 3.05) is 7.11 Å². The van der Waals surface area contributed by atoms with Crippen LogP contribution in [0.4, 0.5) is 17.6 Å². The largest absolute Gasteiger partial charge is 0.396 e. The molecule has 0 aromatic carbocycles. The number of ether oxygens (including phenoxy) is 1. The summed E-state index contributed by atoms with van der Waals surface area (Å²) >= 11 is 0. The first-order valence-corrected chi connectivity index (χ1v) is 2.63. The van der Waals surface area contributed by atoms with Gasteiger partial charge in [0.05, 0.1) is 0 Å². The topological polar surface area (TPSA) is 9.23 Å². The number of hydrogen-bond acceptors (Lipinski definition) is 1. The molecule has 0 heterocycles. The Kier molecular flexibility index (Phi) is 3.08. The molecule has 0 saturated carbocycles. The molecule has 10 heavy (non-hydrogen) atoms. The van der Waals surface area contributed by atoms with E-state index in [1.165, 1.54) is 0 Å². The molecule has 0 radical (unpaired) electrons. The van der Waals surface area contributed by atoms with Gasteiger partial charge in [-0.2, -0.15) is 13.2 Å². The van der Waals surface area contributed by atoms with Crippen molar-refractivity contribution in [1.29, 1.82) is 0 Å². The lowest BCUT2D eigenvalue weighted by Crippen LogP contribution is -2.29. The molecular formula is C5H8F4O. The lowest BCUT2D eigenvalue weighted by atomic mass is 10.2. The number of hydrogen-bond donors (Lipinski definition) is 0. The number of halogens is 4. The second-order valence-corrected chi connectivity index (χ2v) is 1.92. The minimum Gasteiger partial charge on any atom is -0.351 e. The zero-order valence-corrected chi connectivity index (χ0v) is 5.57. The van der Waals surface area contributed by atoms with Crippen LogP contribution < -0.4 is 0 Å². The molecule has 0 rings (SSSR count). The zero-order chi connectivity index (χ0) is 8.36. The Labute approximate surface area is 56.0 Å². The summed E-state index contributed by atoms with van der Waals surface area (Å²) in [7, 11) is 0.896. The molecule has 0 fully saturated rings. The summed E-state index contributed by atoms with van der Waals surface area (Å²) in [6, 6.07) is 0. The van der Waals surface area contributed by atoms with Gasteiger partial charge in [-0.15, -0.1) is 0 Å². The Morgan fingerprint density at radius 3 is 1.80 bits per heavy atom. The molecule has 0 bridgehead atoms. The van der Waals surface area contributed by atoms with Gasteiger partial charge in [0.15, 0.2) is 0 Å². The molecule has 62 valence electrons. The van der Waals surface area contributed by atoms with Gasteiger partial charge in [0.1, 0.15) is 5.92 Å². The maximum absolute atomic E-state index is 12.1. The van der Waals surface area contributed by atoms with Crippen molar-refractivity contribution in [2.45, 2.75) is 19.5 Å². The molecule has 0 amide bonds. The third-order valence-corrected chi connectivity index (χ3v) is 1.13. The van der Waals surface area contributed by atoms with Gasteiger partial charge in [-0.05, 0) is 6.92 Å². The van der Waals surface area contributed by atoms with E-state index in [2.05, 4.69) is 4.74 Å². The molecule has 1 nitrogen and oxygen atoms in total. The van der Waals surface area contributed by atoms with Crippen LogP contribution >= 0.6 is 0 Å². The van der Waals surface area contributed by atoms with Gasteiger partial charge in [-0.25, -0.2) is 4.39 Å². The van der Waals surface area contributed by atoms with Gasteiger partial charge in [-0.1, -0.05) is 0 Å². The Morgan fingerprint density at radius 2 is 1.70 bits per heavy atom. The number of alkyl halides is 4. The highest BCUT2D eigenvalue weighted by molar-refractivity contribution is 4.64. The van der Waals surface area contributed by atoms with E-state index in [0.717, 1.165) is 14.0 Å². The minimum atomic E-state index is -4.52. The summed E-state index contributed by atoms with van der Waals surface area (Å²) < 4.78 is 50.6. The van der Waals surface area contributed by atoms with Crippen molar-refractivity contribution in [3.63, 3.8) is 0 Å². The average Bonchev–Trinajstić information content (AvgIpc) is 1.83. The van der Waals surface area contributed by atoms with Gasteiger partial charge in [0.25, 0.3) is 0 Å². The highest BCUT2D eigenvalue weighted by Gasteiger charge is 2.41. The fourth-order valence-electron chi connectivity index (χ4n) is 0.353. The second kappa shape index (κ2) is 3.18. The van der Waals surface area contributed by atoms with Crippen LogP contribution in [0.15, 0.2) is 0 Å². The molecule has 0 aliphatic rings. The first-order valence-electron chi connectivity index (χ1n) is 2.63. The monoisotopic (exact) mass is 160 g/mol. The van der Waals surface area contributed by atoms with Crippen molar-refractivity contribution < 1.29 is 22.3 Å². The molecule has 2 unspecified atom stereocenters. The second-order valence-electron chi connectivity index (χ2n) is 1.92. The van der Waals surface area contributed by atoms with E-state index < -0.39 is 18.5 Å². The van der Waals surface area contributed by atoms with Crippen molar-refractivity contribution >= 4 is 0 Å². The smallest absolute Gasteiger partial charge is 0.351 e. The molecule has 0 aromatic heterocycles. The maximum atomic E-state index is 12.1. The molecule has 5 heteroatoms. The first-order chi connectivity index (χ1) is 4.39. The summed E-state index contributed by atoms with van der Waals surface area (Å²) in [4.78, 5) is 0. The molecule has 0 N–H and O–H groups in total. The third-order valence-electron chi connectivity index (χ3n) is 1.13. The standard InChI is InChI=1S/C5H8F4O/c1-3(4(6)10-2)5(7,8)9/h3-4H,1-2H3. The summed E-state index contributed by atoms with van der Waals surface area (Å²) in [5.41, 5.74) is 0. The van der Waals surface area contributed by atoms with E-state index in [0.29, 0.717) is 0 Å². The summed E-state index contributed by atoms with van der Waals surface area (Å²) in [6.07, 6.45) is -6.78. The SMILES string of the molecule is COC(F)C(C)C(F)(F)F. The predicted octanol–water partition coefficient (Wildman–Crippen LogP) is 2.13. The van der Waals surface area contributed by atoms with Crippen LogP contribution in [-0.2, 0) is 4.74 Å².